The van der Waals surface area contributed by atoms with Gasteiger partial charge in [-0.15, -0.1) is 11.3 Å². The molecular formula is C11H8BrS. The van der Waals surface area contributed by atoms with Crippen molar-refractivity contribution in [3.8, 4) is 0 Å². The summed E-state index contributed by atoms with van der Waals surface area (Å²) < 4.78 is 1.15. The number of halogens is 1. The summed E-state index contributed by atoms with van der Waals surface area (Å²) in [5, 5.41) is 3.25. The van der Waals surface area contributed by atoms with E-state index in [0.29, 0.717) is 0 Å². The van der Waals surface area contributed by atoms with E-state index in [-0.39, 0.29) is 0 Å². The first-order valence-electron chi connectivity index (χ1n) is 4.04. The van der Waals surface area contributed by atoms with Gasteiger partial charge in [0.2, 0.25) is 0 Å². The molecule has 0 bridgehead atoms. The zero-order valence-corrected chi connectivity index (χ0v) is 9.36. The van der Waals surface area contributed by atoms with Crippen molar-refractivity contribution in [2.75, 3.05) is 0 Å². The lowest BCUT2D eigenvalue weighted by molar-refractivity contribution is 1.21. The Balaban J connectivity index is 2.15. The zero-order chi connectivity index (χ0) is 9.10. The largest absolute Gasteiger partial charge is 0.127 e. The van der Waals surface area contributed by atoms with Crippen LogP contribution in [0, 0.1) is 5.38 Å². The fourth-order valence-electron chi connectivity index (χ4n) is 1.21. The van der Waals surface area contributed by atoms with Gasteiger partial charge in [-0.05, 0) is 39.5 Å². The highest BCUT2D eigenvalue weighted by molar-refractivity contribution is 9.11. The van der Waals surface area contributed by atoms with Crippen LogP contribution in [-0.4, -0.2) is 0 Å². The molecule has 0 saturated carbocycles. The van der Waals surface area contributed by atoms with Gasteiger partial charge in [0.25, 0.3) is 0 Å². The molecule has 2 rings (SSSR count). The van der Waals surface area contributed by atoms with Crippen molar-refractivity contribution in [2.45, 2.75) is 6.42 Å². The normalized spacial score (nSPS) is 10.2. The van der Waals surface area contributed by atoms with Gasteiger partial charge in [-0.3, -0.25) is 0 Å². The van der Waals surface area contributed by atoms with Gasteiger partial charge in [-0.2, -0.15) is 0 Å². The Labute approximate surface area is 90.4 Å². The molecule has 1 heterocycles. The quantitative estimate of drug-likeness (QED) is 0.760. The molecule has 0 aliphatic rings. The second kappa shape index (κ2) is 4.07. The molecule has 13 heavy (non-hydrogen) atoms. The van der Waals surface area contributed by atoms with Crippen LogP contribution in [0.1, 0.15) is 11.1 Å². The molecule has 0 nitrogen and oxygen atoms in total. The third-order valence-corrected chi connectivity index (χ3v) is 3.20. The van der Waals surface area contributed by atoms with E-state index in [4.69, 9.17) is 0 Å². The molecule has 0 aliphatic heterocycles. The van der Waals surface area contributed by atoms with E-state index < -0.39 is 0 Å². The molecule has 1 radical (unpaired) electrons. The van der Waals surface area contributed by atoms with E-state index in [1.54, 1.807) is 11.3 Å². The van der Waals surface area contributed by atoms with Crippen LogP contribution in [0.3, 0.4) is 0 Å². The maximum atomic E-state index is 3.43. The van der Waals surface area contributed by atoms with Gasteiger partial charge in [-0.1, -0.05) is 30.3 Å². The van der Waals surface area contributed by atoms with Gasteiger partial charge in [-0.25, -0.2) is 0 Å². The first-order valence-corrected chi connectivity index (χ1v) is 5.65. The van der Waals surface area contributed by atoms with Crippen molar-refractivity contribution in [1.29, 1.82) is 0 Å². The molecule has 0 amide bonds. The fraction of sp³-hybridized carbons (Fsp3) is 0.0909. The summed E-state index contributed by atoms with van der Waals surface area (Å²) in [4.78, 5) is 0. The highest BCUT2D eigenvalue weighted by Gasteiger charge is 1.98. The number of benzene rings is 1. The van der Waals surface area contributed by atoms with Crippen LogP contribution in [0.15, 0.2) is 40.2 Å². The van der Waals surface area contributed by atoms with E-state index >= 15 is 0 Å². The SMILES string of the molecule is Brc1cc(Cc2ccccc2)[c]s1. The van der Waals surface area contributed by atoms with Crippen LogP contribution in [0.2, 0.25) is 0 Å². The van der Waals surface area contributed by atoms with Gasteiger partial charge < -0.3 is 0 Å². The molecule has 0 N–H and O–H groups in total. The smallest absolute Gasteiger partial charge is 0.0708 e. The summed E-state index contributed by atoms with van der Waals surface area (Å²) in [6.45, 7) is 0. The Kier molecular flexibility index (Phi) is 2.81. The van der Waals surface area contributed by atoms with Crippen LogP contribution in [0.4, 0.5) is 0 Å². The molecule has 0 spiro atoms. The Morgan fingerprint density at radius 3 is 2.62 bits per heavy atom. The molecule has 2 aromatic rings. The molecule has 2 heteroatoms. The van der Waals surface area contributed by atoms with E-state index in [1.165, 1.54) is 11.1 Å². The first-order chi connectivity index (χ1) is 6.34. The average molecular weight is 252 g/mol. The number of hydrogen-bond acceptors (Lipinski definition) is 1. The fourth-order valence-corrected chi connectivity index (χ4v) is 2.29. The summed E-state index contributed by atoms with van der Waals surface area (Å²) in [6, 6.07) is 12.6. The number of hydrogen-bond donors (Lipinski definition) is 0. The minimum Gasteiger partial charge on any atom is -0.127 e. The Hall–Kier alpha value is -0.600. The summed E-state index contributed by atoms with van der Waals surface area (Å²) in [7, 11) is 0. The van der Waals surface area contributed by atoms with Gasteiger partial charge in [0.05, 0.1) is 3.79 Å². The molecular weight excluding hydrogens is 244 g/mol. The molecule has 0 saturated heterocycles. The van der Waals surface area contributed by atoms with Crippen molar-refractivity contribution in [1.82, 2.24) is 0 Å². The molecule has 65 valence electrons. The Morgan fingerprint density at radius 2 is 2.00 bits per heavy atom. The van der Waals surface area contributed by atoms with E-state index in [9.17, 15) is 0 Å². The lowest BCUT2D eigenvalue weighted by Crippen LogP contribution is -1.83. The standard InChI is InChI=1S/C11H8BrS/c12-11-7-10(8-13-11)6-9-4-2-1-3-5-9/h1-5,7H,6H2. The monoisotopic (exact) mass is 251 g/mol. The Morgan fingerprint density at radius 1 is 1.23 bits per heavy atom. The van der Waals surface area contributed by atoms with E-state index in [0.717, 1.165) is 10.2 Å². The van der Waals surface area contributed by atoms with Gasteiger partial charge in [0.15, 0.2) is 0 Å². The molecule has 0 fully saturated rings. The molecule has 1 aromatic heterocycles. The number of rotatable bonds is 2. The molecule has 0 aliphatic carbocycles. The maximum absolute atomic E-state index is 3.43. The summed E-state index contributed by atoms with van der Waals surface area (Å²) in [5.74, 6) is 0. The molecule has 0 atom stereocenters. The van der Waals surface area contributed by atoms with Crippen LogP contribution >= 0.6 is 27.3 Å². The van der Waals surface area contributed by atoms with Crippen molar-refractivity contribution >= 4 is 27.3 Å². The lowest BCUT2D eigenvalue weighted by Gasteiger charge is -1.96. The average Bonchev–Trinajstić information content (AvgIpc) is 2.53. The summed E-state index contributed by atoms with van der Waals surface area (Å²) in [6.07, 6.45) is 0.975. The van der Waals surface area contributed by atoms with Crippen LogP contribution in [0.5, 0.6) is 0 Å². The van der Waals surface area contributed by atoms with Crippen molar-refractivity contribution in [3.05, 3.63) is 56.7 Å². The minimum absolute atomic E-state index is 0.975. The third-order valence-electron chi connectivity index (χ3n) is 1.80. The second-order valence-corrected chi connectivity index (χ2v) is 5.07. The highest BCUT2D eigenvalue weighted by Crippen LogP contribution is 2.21. The van der Waals surface area contributed by atoms with E-state index in [2.05, 4.69) is 51.6 Å². The van der Waals surface area contributed by atoms with Crippen LogP contribution in [-0.2, 0) is 6.42 Å². The van der Waals surface area contributed by atoms with Gasteiger partial charge >= 0.3 is 0 Å². The van der Waals surface area contributed by atoms with Crippen molar-refractivity contribution in [3.63, 3.8) is 0 Å². The Bertz CT molecular complexity index is 378. The zero-order valence-electron chi connectivity index (χ0n) is 6.96. The highest BCUT2D eigenvalue weighted by atomic mass is 79.9. The third kappa shape index (κ3) is 2.42. The van der Waals surface area contributed by atoms with Gasteiger partial charge in [0.1, 0.15) is 0 Å². The van der Waals surface area contributed by atoms with Crippen LogP contribution < -0.4 is 0 Å². The van der Waals surface area contributed by atoms with Crippen molar-refractivity contribution < 1.29 is 0 Å². The van der Waals surface area contributed by atoms with Gasteiger partial charge in [0, 0.05) is 5.38 Å². The maximum Gasteiger partial charge on any atom is 0.0708 e. The first kappa shape index (κ1) is 8.97. The summed E-state index contributed by atoms with van der Waals surface area (Å²) >= 11 is 5.05. The second-order valence-electron chi connectivity index (χ2n) is 2.84. The molecule has 1 aromatic carbocycles. The summed E-state index contributed by atoms with van der Waals surface area (Å²) in [5.41, 5.74) is 2.59. The predicted octanol–water partition coefficient (Wildman–Crippen LogP) is 3.90. The van der Waals surface area contributed by atoms with Crippen LogP contribution in [0.25, 0.3) is 0 Å². The topological polar surface area (TPSA) is 0 Å². The minimum atomic E-state index is 0.975. The van der Waals surface area contributed by atoms with Crippen molar-refractivity contribution in [2.24, 2.45) is 0 Å². The molecule has 0 unspecified atom stereocenters. The number of thiophene rings is 1. The van der Waals surface area contributed by atoms with E-state index in [1.807, 2.05) is 6.07 Å². The predicted molar refractivity (Wildman–Crippen MR) is 60.1 cm³/mol. The lowest BCUT2D eigenvalue weighted by atomic mass is 10.1.